The first-order valence-electron chi connectivity index (χ1n) is 9.61. The predicted molar refractivity (Wildman–Crippen MR) is 99.7 cm³/mol. The molecule has 0 unspecified atom stereocenters. The highest BCUT2D eigenvalue weighted by Crippen LogP contribution is 2.15. The Labute approximate surface area is 147 Å². The summed E-state index contributed by atoms with van der Waals surface area (Å²) in [6, 6.07) is 0. The molecule has 0 aromatic heterocycles. The third kappa shape index (κ3) is 10.4. The Balaban J connectivity index is 1.76. The van der Waals surface area contributed by atoms with Crippen molar-refractivity contribution in [2.75, 3.05) is 13.1 Å². The Morgan fingerprint density at radius 2 is 1.42 bits per heavy atom. The number of hydrogen-bond acceptors (Lipinski definition) is 3. The first-order chi connectivity index (χ1) is 11.7. The molecule has 0 aromatic carbocycles. The highest BCUT2D eigenvalue weighted by Gasteiger charge is 2.19. The normalized spacial score (nSPS) is 13.9. The zero-order valence-corrected chi connectivity index (χ0v) is 15.1. The third-order valence-corrected chi connectivity index (χ3v) is 4.42. The summed E-state index contributed by atoms with van der Waals surface area (Å²) in [5.41, 5.74) is 0.652. The summed E-state index contributed by atoms with van der Waals surface area (Å²) >= 11 is 0. The van der Waals surface area contributed by atoms with Gasteiger partial charge in [-0.3, -0.25) is 14.9 Å². The van der Waals surface area contributed by atoms with Crippen LogP contribution in [0.15, 0.2) is 24.3 Å². The van der Waals surface area contributed by atoms with E-state index in [1.54, 1.807) is 0 Å². The summed E-state index contributed by atoms with van der Waals surface area (Å²) in [5.74, 6) is -0.459. The Morgan fingerprint density at radius 1 is 0.875 bits per heavy atom. The molecule has 0 aliphatic carbocycles. The molecule has 0 spiro atoms. The second-order valence-corrected chi connectivity index (χ2v) is 6.62. The quantitative estimate of drug-likeness (QED) is 0.254. The molecule has 0 fully saturated rings. The molecule has 0 radical (unpaired) electrons. The molecule has 0 aromatic rings. The number of carbonyl (C=O) groups excluding carboxylic acids is 2. The van der Waals surface area contributed by atoms with Crippen LogP contribution in [0.1, 0.15) is 77.0 Å². The molecule has 0 saturated heterocycles. The van der Waals surface area contributed by atoms with E-state index in [0.717, 1.165) is 32.4 Å². The van der Waals surface area contributed by atoms with Gasteiger partial charge < -0.3 is 5.32 Å². The molecule has 1 aliphatic rings. The lowest BCUT2D eigenvalue weighted by Gasteiger charge is -2.04. The van der Waals surface area contributed by atoms with Crippen LogP contribution in [0.5, 0.6) is 0 Å². The predicted octanol–water partition coefficient (Wildman–Crippen LogP) is 4.03. The second kappa shape index (κ2) is 14.0. The van der Waals surface area contributed by atoms with E-state index in [1.165, 1.54) is 63.9 Å². The minimum atomic E-state index is -0.261. The Morgan fingerprint density at radius 3 is 1.92 bits per heavy atom. The summed E-state index contributed by atoms with van der Waals surface area (Å²) in [6.45, 7) is 5.72. The summed E-state index contributed by atoms with van der Waals surface area (Å²) in [6.07, 6.45) is 18.1. The van der Waals surface area contributed by atoms with Crippen LogP contribution in [0, 0.1) is 0 Å². The van der Waals surface area contributed by atoms with E-state index < -0.39 is 0 Å². The lowest BCUT2D eigenvalue weighted by molar-refractivity contribution is -0.123. The fraction of sp³-hybridized carbons (Fsp3) is 0.700. The Bertz CT molecular complexity index is 416. The summed E-state index contributed by atoms with van der Waals surface area (Å²) in [5, 5.41) is 5.62. The molecule has 0 saturated carbocycles. The molecular weight excluding hydrogens is 300 g/mol. The minimum absolute atomic E-state index is 0.198. The number of nitrogens with one attached hydrogen (secondary N) is 2. The van der Waals surface area contributed by atoms with E-state index in [-0.39, 0.29) is 11.8 Å². The number of unbranched alkanes of at least 4 members (excludes halogenated alkanes) is 10. The van der Waals surface area contributed by atoms with Crippen LogP contribution >= 0.6 is 0 Å². The molecule has 1 heterocycles. The summed E-state index contributed by atoms with van der Waals surface area (Å²) in [7, 11) is 0. The Hall–Kier alpha value is -1.42. The summed E-state index contributed by atoms with van der Waals surface area (Å²) < 4.78 is 0. The van der Waals surface area contributed by atoms with Crippen LogP contribution in [-0.2, 0) is 9.59 Å². The molecule has 24 heavy (non-hydrogen) atoms. The first-order valence-corrected chi connectivity index (χ1v) is 9.61. The first kappa shape index (κ1) is 20.6. The van der Waals surface area contributed by atoms with E-state index in [9.17, 15) is 9.59 Å². The number of rotatable bonds is 16. The van der Waals surface area contributed by atoms with Crippen LogP contribution in [0.2, 0.25) is 0 Å². The van der Waals surface area contributed by atoms with Gasteiger partial charge in [0.25, 0.3) is 11.8 Å². The maximum atomic E-state index is 11.4. The van der Waals surface area contributed by atoms with Crippen molar-refractivity contribution in [2.24, 2.45) is 0 Å². The van der Waals surface area contributed by atoms with Crippen LogP contribution in [-0.4, -0.2) is 24.9 Å². The average Bonchev–Trinajstić information content (AvgIpc) is 2.88. The van der Waals surface area contributed by atoms with E-state index in [1.807, 2.05) is 6.08 Å². The van der Waals surface area contributed by atoms with Gasteiger partial charge in [-0.2, -0.15) is 0 Å². The molecule has 2 amide bonds. The number of amides is 2. The van der Waals surface area contributed by atoms with Crippen molar-refractivity contribution in [1.82, 2.24) is 10.6 Å². The van der Waals surface area contributed by atoms with E-state index in [2.05, 4.69) is 17.2 Å². The van der Waals surface area contributed by atoms with Crippen LogP contribution < -0.4 is 10.6 Å². The lowest BCUT2D eigenvalue weighted by Crippen LogP contribution is -2.22. The van der Waals surface area contributed by atoms with Gasteiger partial charge in [0.15, 0.2) is 0 Å². The van der Waals surface area contributed by atoms with Crippen molar-refractivity contribution in [3.8, 4) is 0 Å². The molecule has 4 nitrogen and oxygen atoms in total. The SMILES string of the molecule is C=CCNCCCCCCCCCCCCCC1=CC(=O)NC1=O. The van der Waals surface area contributed by atoms with Crippen molar-refractivity contribution in [3.05, 3.63) is 24.3 Å². The van der Waals surface area contributed by atoms with E-state index >= 15 is 0 Å². The van der Waals surface area contributed by atoms with Crippen LogP contribution in [0.4, 0.5) is 0 Å². The van der Waals surface area contributed by atoms with Gasteiger partial charge in [-0.05, 0) is 25.8 Å². The fourth-order valence-electron chi connectivity index (χ4n) is 3.00. The van der Waals surface area contributed by atoms with Crippen molar-refractivity contribution in [1.29, 1.82) is 0 Å². The van der Waals surface area contributed by atoms with Gasteiger partial charge >= 0.3 is 0 Å². The average molecular weight is 335 g/mol. The minimum Gasteiger partial charge on any atom is -0.313 e. The van der Waals surface area contributed by atoms with Crippen LogP contribution in [0.3, 0.4) is 0 Å². The van der Waals surface area contributed by atoms with Crippen molar-refractivity contribution in [3.63, 3.8) is 0 Å². The van der Waals surface area contributed by atoms with E-state index in [0.29, 0.717) is 5.57 Å². The van der Waals surface area contributed by atoms with Crippen molar-refractivity contribution in [2.45, 2.75) is 77.0 Å². The molecule has 0 bridgehead atoms. The van der Waals surface area contributed by atoms with Crippen molar-refractivity contribution < 1.29 is 9.59 Å². The second-order valence-electron chi connectivity index (χ2n) is 6.62. The molecule has 0 atom stereocenters. The lowest BCUT2D eigenvalue weighted by atomic mass is 10.0. The maximum absolute atomic E-state index is 11.4. The zero-order valence-electron chi connectivity index (χ0n) is 15.1. The third-order valence-electron chi connectivity index (χ3n) is 4.42. The largest absolute Gasteiger partial charge is 0.313 e. The molecular formula is C20H34N2O2. The number of imide groups is 1. The van der Waals surface area contributed by atoms with Crippen LogP contribution in [0.25, 0.3) is 0 Å². The monoisotopic (exact) mass is 334 g/mol. The maximum Gasteiger partial charge on any atom is 0.254 e. The zero-order chi connectivity index (χ0) is 17.5. The summed E-state index contributed by atoms with van der Waals surface area (Å²) in [4.78, 5) is 22.4. The molecule has 2 N–H and O–H groups in total. The van der Waals surface area contributed by atoms with Gasteiger partial charge in [-0.25, -0.2) is 0 Å². The Kier molecular flexibility index (Phi) is 12.0. The van der Waals surface area contributed by atoms with E-state index in [4.69, 9.17) is 0 Å². The van der Waals surface area contributed by atoms with Gasteiger partial charge in [-0.1, -0.05) is 63.9 Å². The smallest absolute Gasteiger partial charge is 0.254 e. The topological polar surface area (TPSA) is 58.2 Å². The highest BCUT2D eigenvalue weighted by atomic mass is 16.2. The molecule has 1 aliphatic heterocycles. The molecule has 4 heteroatoms. The van der Waals surface area contributed by atoms with Crippen molar-refractivity contribution >= 4 is 11.8 Å². The van der Waals surface area contributed by atoms with Gasteiger partial charge in [-0.15, -0.1) is 6.58 Å². The number of carbonyl (C=O) groups is 2. The van der Waals surface area contributed by atoms with Gasteiger partial charge in [0.1, 0.15) is 0 Å². The highest BCUT2D eigenvalue weighted by molar-refractivity contribution is 6.16. The number of hydrogen-bond donors (Lipinski definition) is 2. The molecule has 136 valence electrons. The fourth-order valence-corrected chi connectivity index (χ4v) is 3.00. The van der Waals surface area contributed by atoms with Gasteiger partial charge in [0, 0.05) is 18.2 Å². The van der Waals surface area contributed by atoms with Gasteiger partial charge in [0.2, 0.25) is 0 Å². The molecule has 1 rings (SSSR count). The van der Waals surface area contributed by atoms with Gasteiger partial charge in [0.05, 0.1) is 0 Å². The standard InChI is InChI=1S/C20H34N2O2/c1-2-15-21-16-13-11-9-7-5-3-4-6-8-10-12-14-18-17-19(23)22-20(18)24/h2,17,21H,1,3-16H2,(H,22,23,24).